The molecule has 1 aliphatic rings. The molecule has 86 valence electrons. The third-order valence-electron chi connectivity index (χ3n) is 2.94. The maximum absolute atomic E-state index is 13.6. The van der Waals surface area contributed by atoms with Gasteiger partial charge in [0.2, 0.25) is 5.82 Å². The van der Waals surface area contributed by atoms with Crippen LogP contribution in [0.25, 0.3) is 0 Å². The second-order valence-corrected chi connectivity index (χ2v) is 4.02. The van der Waals surface area contributed by atoms with Crippen molar-refractivity contribution in [3.63, 3.8) is 0 Å². The molecule has 0 spiro atoms. The van der Waals surface area contributed by atoms with Gasteiger partial charge in [-0.25, -0.2) is 0 Å². The lowest BCUT2D eigenvalue weighted by Gasteiger charge is -2.26. The quantitative estimate of drug-likeness (QED) is 0.631. The molecular weight excluding hydrogens is 211 g/mol. The van der Waals surface area contributed by atoms with Crippen molar-refractivity contribution >= 4 is 5.69 Å². The van der Waals surface area contributed by atoms with Crippen LogP contribution < -0.4 is 5.32 Å². The molecule has 0 heterocycles. The summed E-state index contributed by atoms with van der Waals surface area (Å²) in [6.07, 6.45) is 3.42. The summed E-state index contributed by atoms with van der Waals surface area (Å²) in [5.74, 6) is -0.723. The van der Waals surface area contributed by atoms with Crippen LogP contribution in [0.15, 0.2) is 18.2 Å². The maximum Gasteiger partial charge on any atom is 0.305 e. The smallest absolute Gasteiger partial charge is 0.305 e. The molecule has 1 aromatic carbocycles. The summed E-state index contributed by atoms with van der Waals surface area (Å²) in [7, 11) is 0. The van der Waals surface area contributed by atoms with Gasteiger partial charge in [-0.05, 0) is 12.8 Å². The first-order chi connectivity index (χ1) is 7.68. The Morgan fingerprint density at radius 2 is 2.25 bits per heavy atom. The topological polar surface area (TPSA) is 55.2 Å². The molecule has 1 saturated carbocycles. The van der Waals surface area contributed by atoms with Gasteiger partial charge in [0.1, 0.15) is 0 Å². The standard InChI is InChI=1S/C11H13FN2O2/c12-11-8(7-13-9-4-2-5-9)3-1-6-10(11)14(15)16/h1,3,6,9,13H,2,4-5,7H2. The summed E-state index contributed by atoms with van der Waals surface area (Å²) in [5.41, 5.74) is -0.0889. The number of nitro groups is 1. The van der Waals surface area contributed by atoms with E-state index in [0.29, 0.717) is 18.2 Å². The Hall–Kier alpha value is -1.49. The Labute approximate surface area is 92.6 Å². The Morgan fingerprint density at radius 3 is 2.81 bits per heavy atom. The van der Waals surface area contributed by atoms with Crippen molar-refractivity contribution in [2.75, 3.05) is 0 Å². The van der Waals surface area contributed by atoms with Gasteiger partial charge in [-0.3, -0.25) is 10.1 Å². The minimum absolute atomic E-state index is 0.359. The van der Waals surface area contributed by atoms with Gasteiger partial charge in [0.05, 0.1) is 4.92 Å². The molecule has 0 saturated heterocycles. The van der Waals surface area contributed by atoms with Crippen molar-refractivity contribution < 1.29 is 9.31 Å². The van der Waals surface area contributed by atoms with Crippen molar-refractivity contribution in [3.05, 3.63) is 39.7 Å². The third kappa shape index (κ3) is 2.19. The van der Waals surface area contributed by atoms with E-state index in [1.807, 2.05) is 0 Å². The van der Waals surface area contributed by atoms with Crippen LogP contribution in [0, 0.1) is 15.9 Å². The first-order valence-corrected chi connectivity index (χ1v) is 5.33. The number of nitro benzene ring substituents is 1. The summed E-state index contributed by atoms with van der Waals surface area (Å²) in [6.45, 7) is 0.359. The van der Waals surface area contributed by atoms with E-state index in [1.54, 1.807) is 6.07 Å². The number of halogens is 1. The number of rotatable bonds is 4. The van der Waals surface area contributed by atoms with Crippen molar-refractivity contribution in [2.45, 2.75) is 31.8 Å². The Morgan fingerprint density at radius 1 is 1.50 bits per heavy atom. The maximum atomic E-state index is 13.6. The summed E-state index contributed by atoms with van der Waals surface area (Å²) in [6, 6.07) is 4.72. The number of nitrogens with zero attached hydrogens (tertiary/aromatic N) is 1. The predicted octanol–water partition coefficient (Wildman–Crippen LogP) is 2.38. The molecule has 0 unspecified atom stereocenters. The molecule has 0 bridgehead atoms. The summed E-state index contributed by atoms with van der Waals surface area (Å²) < 4.78 is 13.6. The molecule has 1 fully saturated rings. The monoisotopic (exact) mass is 224 g/mol. The second kappa shape index (κ2) is 4.57. The van der Waals surface area contributed by atoms with Crippen LogP contribution in [0.1, 0.15) is 24.8 Å². The molecule has 1 aliphatic carbocycles. The Kier molecular flexibility index (Phi) is 3.14. The average molecular weight is 224 g/mol. The van der Waals surface area contributed by atoms with Crippen LogP contribution >= 0.6 is 0 Å². The fourth-order valence-electron chi connectivity index (χ4n) is 1.71. The van der Waals surface area contributed by atoms with E-state index < -0.39 is 16.4 Å². The molecule has 1 N–H and O–H groups in total. The van der Waals surface area contributed by atoms with E-state index in [0.717, 1.165) is 12.8 Å². The number of hydrogen-bond donors (Lipinski definition) is 1. The first kappa shape index (κ1) is 11.0. The molecule has 5 heteroatoms. The molecule has 4 nitrogen and oxygen atoms in total. The lowest BCUT2D eigenvalue weighted by Crippen LogP contribution is -2.34. The van der Waals surface area contributed by atoms with Crippen molar-refractivity contribution in [1.82, 2.24) is 5.32 Å². The average Bonchev–Trinajstić information content (AvgIpc) is 2.17. The van der Waals surface area contributed by atoms with Gasteiger partial charge in [-0.15, -0.1) is 0 Å². The third-order valence-corrected chi connectivity index (χ3v) is 2.94. The van der Waals surface area contributed by atoms with E-state index in [1.165, 1.54) is 18.6 Å². The van der Waals surface area contributed by atoms with Gasteiger partial charge >= 0.3 is 5.69 Å². The van der Waals surface area contributed by atoms with Crippen LogP contribution in [0.5, 0.6) is 0 Å². The summed E-state index contributed by atoms with van der Waals surface area (Å²) >= 11 is 0. The molecule has 2 rings (SSSR count). The molecule has 0 atom stereocenters. The zero-order chi connectivity index (χ0) is 11.5. The van der Waals surface area contributed by atoms with Gasteiger partial charge in [0.25, 0.3) is 0 Å². The van der Waals surface area contributed by atoms with E-state index in [2.05, 4.69) is 5.32 Å². The van der Waals surface area contributed by atoms with Crippen LogP contribution in [-0.4, -0.2) is 11.0 Å². The molecule has 0 radical (unpaired) electrons. The highest BCUT2D eigenvalue weighted by atomic mass is 19.1. The second-order valence-electron chi connectivity index (χ2n) is 4.02. The normalized spacial score (nSPS) is 15.8. The van der Waals surface area contributed by atoms with Crippen LogP contribution in [0.4, 0.5) is 10.1 Å². The van der Waals surface area contributed by atoms with Crippen LogP contribution in [0.3, 0.4) is 0 Å². The highest BCUT2D eigenvalue weighted by molar-refractivity contribution is 5.36. The van der Waals surface area contributed by atoms with E-state index in [-0.39, 0.29) is 0 Å². The highest BCUT2D eigenvalue weighted by Crippen LogP contribution is 2.22. The molecular formula is C11H13FN2O2. The Bertz CT molecular complexity index is 405. The molecule has 16 heavy (non-hydrogen) atoms. The van der Waals surface area contributed by atoms with Crippen molar-refractivity contribution in [1.29, 1.82) is 0 Å². The summed E-state index contributed by atoms with van der Waals surface area (Å²) in [4.78, 5) is 9.83. The van der Waals surface area contributed by atoms with Gasteiger partial charge in [-0.2, -0.15) is 4.39 Å². The SMILES string of the molecule is O=[N+]([O-])c1cccc(CNC2CCC2)c1F. The van der Waals surface area contributed by atoms with Gasteiger partial charge < -0.3 is 5.32 Å². The fourth-order valence-corrected chi connectivity index (χ4v) is 1.71. The minimum atomic E-state index is -0.723. The molecule has 1 aromatic rings. The lowest BCUT2D eigenvalue weighted by molar-refractivity contribution is -0.387. The lowest BCUT2D eigenvalue weighted by atomic mass is 9.93. The van der Waals surface area contributed by atoms with E-state index in [4.69, 9.17) is 0 Å². The van der Waals surface area contributed by atoms with E-state index >= 15 is 0 Å². The summed E-state index contributed by atoms with van der Waals surface area (Å²) in [5, 5.41) is 13.7. The van der Waals surface area contributed by atoms with Crippen LogP contribution in [0.2, 0.25) is 0 Å². The van der Waals surface area contributed by atoms with Crippen LogP contribution in [-0.2, 0) is 6.54 Å². The molecule has 0 amide bonds. The fraction of sp³-hybridized carbons (Fsp3) is 0.455. The van der Waals surface area contributed by atoms with Gasteiger partial charge in [0.15, 0.2) is 0 Å². The number of nitrogens with one attached hydrogen (secondary N) is 1. The largest absolute Gasteiger partial charge is 0.310 e. The zero-order valence-corrected chi connectivity index (χ0v) is 8.78. The van der Waals surface area contributed by atoms with Crippen molar-refractivity contribution in [3.8, 4) is 0 Å². The van der Waals surface area contributed by atoms with Gasteiger partial charge in [-0.1, -0.05) is 18.6 Å². The van der Waals surface area contributed by atoms with E-state index in [9.17, 15) is 14.5 Å². The predicted molar refractivity (Wildman–Crippen MR) is 57.5 cm³/mol. The van der Waals surface area contributed by atoms with Gasteiger partial charge in [0, 0.05) is 24.2 Å². The molecule has 0 aromatic heterocycles. The first-order valence-electron chi connectivity index (χ1n) is 5.33. The van der Waals surface area contributed by atoms with Crippen molar-refractivity contribution in [2.24, 2.45) is 0 Å². The minimum Gasteiger partial charge on any atom is -0.310 e. The Balaban J connectivity index is 2.07. The number of hydrogen-bond acceptors (Lipinski definition) is 3. The number of benzene rings is 1. The zero-order valence-electron chi connectivity index (χ0n) is 8.78. The molecule has 0 aliphatic heterocycles. The highest BCUT2D eigenvalue weighted by Gasteiger charge is 2.20.